The molecule has 0 bridgehead atoms. The van der Waals surface area contributed by atoms with Gasteiger partial charge in [-0.05, 0) is 18.2 Å². The monoisotopic (exact) mass is 308 g/mol. The average Bonchev–Trinajstić information content (AvgIpc) is 2.92. The van der Waals surface area contributed by atoms with Gasteiger partial charge in [0.15, 0.2) is 0 Å². The minimum absolute atomic E-state index is 0.0587. The maximum Gasteiger partial charge on any atom is 0.308 e. The molecule has 2 rings (SSSR count). The number of hydrogen-bond acceptors (Lipinski definition) is 3. The number of amides is 1. The zero-order valence-electron chi connectivity index (χ0n) is 12.5. The Bertz CT molecular complexity index is 726. The van der Waals surface area contributed by atoms with Crippen molar-refractivity contribution in [1.29, 1.82) is 0 Å². The van der Waals surface area contributed by atoms with Crippen LogP contribution in [0.1, 0.15) is 17.4 Å². The van der Waals surface area contributed by atoms with E-state index in [9.17, 15) is 14.0 Å². The van der Waals surface area contributed by atoms with Gasteiger partial charge < -0.3 is 19.7 Å². The molecule has 22 heavy (non-hydrogen) atoms. The highest BCUT2D eigenvalue weighted by molar-refractivity contribution is 5.99. The molecule has 1 amide bonds. The van der Waals surface area contributed by atoms with E-state index < -0.39 is 23.6 Å². The van der Waals surface area contributed by atoms with Crippen LogP contribution in [0.3, 0.4) is 0 Å². The van der Waals surface area contributed by atoms with Crippen molar-refractivity contribution in [2.45, 2.75) is 6.92 Å². The molecule has 1 unspecified atom stereocenters. The van der Waals surface area contributed by atoms with E-state index in [1.165, 1.54) is 44.2 Å². The Hall–Kier alpha value is -2.57. The van der Waals surface area contributed by atoms with E-state index in [2.05, 4.69) is 4.98 Å². The molecule has 2 aromatic rings. The number of methoxy groups -OCH3 is 1. The topological polar surface area (TPSA) is 82.6 Å². The van der Waals surface area contributed by atoms with E-state index in [0.717, 1.165) is 0 Å². The highest BCUT2D eigenvalue weighted by Gasteiger charge is 2.21. The van der Waals surface area contributed by atoms with E-state index in [4.69, 9.17) is 9.84 Å². The predicted octanol–water partition coefficient (Wildman–Crippen LogP) is 2.11. The molecule has 118 valence electrons. The Morgan fingerprint density at radius 2 is 2.14 bits per heavy atom. The Morgan fingerprint density at radius 3 is 2.73 bits per heavy atom. The number of nitrogens with zero attached hydrogens (tertiary/aromatic N) is 1. The molecular weight excluding hydrogens is 291 g/mol. The molecule has 2 N–H and O–H groups in total. The molecule has 0 spiro atoms. The summed E-state index contributed by atoms with van der Waals surface area (Å²) >= 11 is 0. The summed E-state index contributed by atoms with van der Waals surface area (Å²) in [5, 5.41) is 9.35. The summed E-state index contributed by atoms with van der Waals surface area (Å²) < 4.78 is 18.9. The number of carbonyl (C=O) groups is 2. The third-order valence-corrected chi connectivity index (χ3v) is 3.47. The predicted molar refractivity (Wildman–Crippen MR) is 78.6 cm³/mol. The van der Waals surface area contributed by atoms with Crippen LogP contribution < -0.4 is 4.74 Å². The van der Waals surface area contributed by atoms with Crippen LogP contribution in [0, 0.1) is 11.7 Å². The van der Waals surface area contributed by atoms with Crippen molar-refractivity contribution in [3.05, 3.63) is 29.7 Å². The van der Waals surface area contributed by atoms with E-state index in [1.807, 2.05) is 0 Å². The molecule has 0 fully saturated rings. The van der Waals surface area contributed by atoms with Crippen molar-refractivity contribution in [2.24, 2.45) is 5.92 Å². The number of carboxylic acid groups (broad SMARTS) is 1. The number of carboxylic acids is 1. The average molecular weight is 308 g/mol. The fourth-order valence-corrected chi connectivity index (χ4v) is 2.23. The number of benzene rings is 1. The normalized spacial score (nSPS) is 12.2. The largest absolute Gasteiger partial charge is 0.496 e. The van der Waals surface area contributed by atoms with Crippen molar-refractivity contribution in [2.75, 3.05) is 20.7 Å². The van der Waals surface area contributed by atoms with Crippen molar-refractivity contribution >= 4 is 22.8 Å². The van der Waals surface area contributed by atoms with Crippen LogP contribution >= 0.6 is 0 Å². The molecule has 0 saturated carbocycles. The lowest BCUT2D eigenvalue weighted by atomic mass is 10.1. The van der Waals surface area contributed by atoms with Gasteiger partial charge in [-0.15, -0.1) is 0 Å². The number of H-pyrrole nitrogens is 1. The first kappa shape index (κ1) is 15.8. The molecule has 6 nitrogen and oxygen atoms in total. The lowest BCUT2D eigenvalue weighted by Gasteiger charge is -2.18. The number of fused-ring (bicyclic) bond motifs is 1. The van der Waals surface area contributed by atoms with Crippen molar-refractivity contribution < 1.29 is 23.8 Å². The Morgan fingerprint density at radius 1 is 1.45 bits per heavy atom. The van der Waals surface area contributed by atoms with Gasteiger partial charge in [-0.25, -0.2) is 4.39 Å². The van der Waals surface area contributed by atoms with Gasteiger partial charge in [0.2, 0.25) is 0 Å². The number of carbonyl (C=O) groups excluding carboxylic acids is 1. The molecule has 0 saturated heterocycles. The van der Waals surface area contributed by atoms with Gasteiger partial charge in [0.25, 0.3) is 5.91 Å². The fourth-order valence-electron chi connectivity index (χ4n) is 2.23. The SMILES string of the molecule is COc1ccc(F)c2[nH]c(C(=O)N(C)CC(C)C(=O)O)cc12. The molecule has 7 heteroatoms. The second-order valence-electron chi connectivity index (χ2n) is 5.15. The smallest absolute Gasteiger partial charge is 0.308 e. The van der Waals surface area contributed by atoms with Crippen molar-refractivity contribution in [1.82, 2.24) is 9.88 Å². The summed E-state index contributed by atoms with van der Waals surface area (Å²) in [6.07, 6.45) is 0. The van der Waals surface area contributed by atoms with Gasteiger partial charge in [-0.1, -0.05) is 6.92 Å². The van der Waals surface area contributed by atoms with E-state index >= 15 is 0 Å². The van der Waals surface area contributed by atoms with Crippen LogP contribution in [0.2, 0.25) is 0 Å². The zero-order valence-corrected chi connectivity index (χ0v) is 12.5. The van der Waals surface area contributed by atoms with Crippen molar-refractivity contribution in [3.63, 3.8) is 0 Å². The molecule has 1 atom stereocenters. The second kappa shape index (κ2) is 6.05. The Kier molecular flexibility index (Phi) is 4.35. The Labute approximate surface area is 126 Å². The van der Waals surface area contributed by atoms with Crippen molar-refractivity contribution in [3.8, 4) is 5.75 Å². The fraction of sp³-hybridized carbons (Fsp3) is 0.333. The van der Waals surface area contributed by atoms with Crippen LogP contribution in [0.15, 0.2) is 18.2 Å². The second-order valence-corrected chi connectivity index (χ2v) is 5.15. The van der Waals surface area contributed by atoms with Gasteiger partial charge in [0.05, 0.1) is 18.5 Å². The summed E-state index contributed by atoms with van der Waals surface area (Å²) in [5.41, 5.74) is 0.362. The number of rotatable bonds is 5. The van der Waals surface area contributed by atoms with Gasteiger partial charge in [-0.3, -0.25) is 9.59 Å². The molecule has 1 aromatic carbocycles. The number of aliphatic carboxylic acids is 1. The number of ether oxygens (including phenoxy) is 1. The van der Waals surface area contributed by atoms with Gasteiger partial charge in [-0.2, -0.15) is 0 Å². The van der Waals surface area contributed by atoms with Gasteiger partial charge in [0, 0.05) is 19.0 Å². The molecule has 0 aliphatic carbocycles. The van der Waals surface area contributed by atoms with Crippen LogP contribution in [0.4, 0.5) is 4.39 Å². The van der Waals surface area contributed by atoms with E-state index in [-0.39, 0.29) is 17.8 Å². The van der Waals surface area contributed by atoms with E-state index in [1.54, 1.807) is 0 Å². The first-order chi connectivity index (χ1) is 10.3. The molecule has 0 radical (unpaired) electrons. The summed E-state index contributed by atoms with van der Waals surface area (Å²) in [4.78, 5) is 27.2. The van der Waals surface area contributed by atoms with E-state index in [0.29, 0.717) is 11.1 Å². The quantitative estimate of drug-likeness (QED) is 0.886. The third kappa shape index (κ3) is 2.88. The first-order valence-corrected chi connectivity index (χ1v) is 6.68. The molecule has 1 heterocycles. The number of aromatic amines is 1. The zero-order chi connectivity index (χ0) is 16.4. The summed E-state index contributed by atoms with van der Waals surface area (Å²) in [7, 11) is 2.96. The van der Waals surface area contributed by atoms with Crippen LogP contribution in [-0.2, 0) is 4.79 Å². The number of hydrogen-bond donors (Lipinski definition) is 2. The third-order valence-electron chi connectivity index (χ3n) is 3.47. The minimum atomic E-state index is -0.982. The summed E-state index contributed by atoms with van der Waals surface area (Å²) in [5.74, 6) is -2.12. The van der Waals surface area contributed by atoms with Crippen LogP contribution in [0.25, 0.3) is 10.9 Å². The Balaban J connectivity index is 2.32. The van der Waals surface area contributed by atoms with Crippen LogP contribution in [-0.4, -0.2) is 47.6 Å². The standard InChI is InChI=1S/C15H17FN2O4/c1-8(15(20)21)7-18(2)14(19)11-6-9-12(22-3)5-4-10(16)13(9)17-11/h4-6,8,17H,7H2,1-3H3,(H,20,21). The minimum Gasteiger partial charge on any atom is -0.496 e. The molecule has 0 aliphatic heterocycles. The molecule has 1 aromatic heterocycles. The van der Waals surface area contributed by atoms with Gasteiger partial charge in [0.1, 0.15) is 17.3 Å². The lowest BCUT2D eigenvalue weighted by Crippen LogP contribution is -2.33. The summed E-state index contributed by atoms with van der Waals surface area (Å²) in [6.45, 7) is 1.57. The first-order valence-electron chi connectivity index (χ1n) is 6.68. The highest BCUT2D eigenvalue weighted by Crippen LogP contribution is 2.28. The maximum atomic E-state index is 13.8. The lowest BCUT2D eigenvalue weighted by molar-refractivity contribution is -0.141. The highest BCUT2D eigenvalue weighted by atomic mass is 19.1. The molecule has 0 aliphatic rings. The number of nitrogens with one attached hydrogen (secondary N) is 1. The number of aromatic nitrogens is 1. The van der Waals surface area contributed by atoms with Gasteiger partial charge >= 0.3 is 5.97 Å². The summed E-state index contributed by atoms with van der Waals surface area (Å²) in [6, 6.07) is 4.24. The number of halogens is 1. The van der Waals surface area contributed by atoms with Crippen LogP contribution in [0.5, 0.6) is 5.75 Å². The molecular formula is C15H17FN2O4. The maximum absolute atomic E-state index is 13.8.